The molecule has 3 rings (SSSR count). The zero-order chi connectivity index (χ0) is 14.3. The number of fused-ring (bicyclic) bond motifs is 1. The summed E-state index contributed by atoms with van der Waals surface area (Å²) in [4.78, 5) is 17.9. The summed E-state index contributed by atoms with van der Waals surface area (Å²) in [7, 11) is 0. The molecule has 0 aromatic carbocycles. The van der Waals surface area contributed by atoms with Gasteiger partial charge in [0.15, 0.2) is 0 Å². The van der Waals surface area contributed by atoms with Gasteiger partial charge in [0, 0.05) is 36.9 Å². The van der Waals surface area contributed by atoms with Crippen LogP contribution in [0.5, 0.6) is 0 Å². The molecule has 4 N–H and O–H groups in total. The van der Waals surface area contributed by atoms with E-state index in [0.29, 0.717) is 5.65 Å². The molecule has 1 aliphatic heterocycles. The largest absolute Gasteiger partial charge is 0.368 e. The van der Waals surface area contributed by atoms with Crippen LogP contribution in [0, 0.1) is 0 Å². The van der Waals surface area contributed by atoms with Crippen molar-refractivity contribution < 1.29 is 4.79 Å². The van der Waals surface area contributed by atoms with Crippen LogP contribution in [0.3, 0.4) is 0 Å². The van der Waals surface area contributed by atoms with Crippen LogP contribution < -0.4 is 16.4 Å². The fourth-order valence-electron chi connectivity index (χ4n) is 2.76. The van der Waals surface area contributed by atoms with Gasteiger partial charge in [-0.3, -0.25) is 4.57 Å². The Balaban J connectivity index is 2.14. The predicted molar refractivity (Wildman–Crippen MR) is 81.8 cm³/mol. The molecule has 1 saturated heterocycles. The van der Waals surface area contributed by atoms with E-state index in [-0.39, 0.29) is 6.04 Å². The van der Waals surface area contributed by atoms with Gasteiger partial charge < -0.3 is 16.4 Å². The number of piperidine rings is 1. The van der Waals surface area contributed by atoms with Gasteiger partial charge in [0.1, 0.15) is 5.65 Å². The number of pyridine rings is 1. The second-order valence-corrected chi connectivity index (χ2v) is 5.92. The van der Waals surface area contributed by atoms with Gasteiger partial charge in [-0.05, 0) is 34.8 Å². The molecule has 1 amide bonds. The van der Waals surface area contributed by atoms with Crippen LogP contribution in [-0.2, 0) is 0 Å². The number of primary amides is 1. The normalized spacial score (nSPS) is 19.5. The maximum absolute atomic E-state index is 11.4. The molecule has 20 heavy (non-hydrogen) atoms. The summed E-state index contributed by atoms with van der Waals surface area (Å²) in [5.74, 6) is 0. The number of hydrogen-bond donors (Lipinski definition) is 2. The number of amides is 1. The number of halogens is 1. The Labute approximate surface area is 124 Å². The number of nitrogens with zero attached hydrogens (tertiary/aromatic N) is 3. The average Bonchev–Trinajstić information content (AvgIpc) is 2.82. The van der Waals surface area contributed by atoms with Crippen molar-refractivity contribution in [3.05, 3.63) is 22.9 Å². The Kier molecular flexibility index (Phi) is 3.39. The van der Waals surface area contributed by atoms with Crippen molar-refractivity contribution in [3.8, 4) is 0 Å². The molecule has 0 aliphatic carbocycles. The van der Waals surface area contributed by atoms with E-state index in [9.17, 15) is 4.79 Å². The van der Waals surface area contributed by atoms with Gasteiger partial charge in [-0.25, -0.2) is 9.78 Å². The van der Waals surface area contributed by atoms with Crippen LogP contribution in [0.2, 0.25) is 0 Å². The average molecular weight is 338 g/mol. The summed E-state index contributed by atoms with van der Waals surface area (Å²) in [6.45, 7) is 1.76. The third-order valence-electron chi connectivity index (χ3n) is 3.65. The minimum Gasteiger partial charge on any atom is -0.368 e. The monoisotopic (exact) mass is 337 g/mol. The molecule has 3 heterocycles. The van der Waals surface area contributed by atoms with Gasteiger partial charge >= 0.3 is 6.03 Å². The third-order valence-corrected chi connectivity index (χ3v) is 4.23. The Bertz CT molecular complexity index is 668. The molecule has 1 aliphatic rings. The number of rotatable bonds is 1. The van der Waals surface area contributed by atoms with Gasteiger partial charge in [-0.1, -0.05) is 0 Å². The molecule has 0 radical (unpaired) electrons. The predicted octanol–water partition coefficient (Wildman–Crippen LogP) is 1.65. The molecular formula is C13H16BrN5O. The zero-order valence-electron chi connectivity index (χ0n) is 10.9. The SMILES string of the molecule is NC(=O)n1ccc2c(N3CCC[C@@H](N)C3)c(Br)cnc21. The highest BCUT2D eigenvalue weighted by atomic mass is 79.9. The highest BCUT2D eigenvalue weighted by Gasteiger charge is 2.22. The highest BCUT2D eigenvalue weighted by Crippen LogP contribution is 2.35. The Hall–Kier alpha value is -1.60. The summed E-state index contributed by atoms with van der Waals surface area (Å²) in [5, 5.41) is 0.910. The summed E-state index contributed by atoms with van der Waals surface area (Å²) in [6.07, 6.45) is 5.47. The lowest BCUT2D eigenvalue weighted by Crippen LogP contribution is -2.43. The number of carbonyl (C=O) groups is 1. The van der Waals surface area contributed by atoms with Crippen molar-refractivity contribution in [1.82, 2.24) is 9.55 Å². The number of hydrogen-bond acceptors (Lipinski definition) is 4. The van der Waals surface area contributed by atoms with Crippen molar-refractivity contribution in [3.63, 3.8) is 0 Å². The van der Waals surface area contributed by atoms with Crippen molar-refractivity contribution >= 4 is 38.7 Å². The second kappa shape index (κ2) is 5.06. The minimum absolute atomic E-state index is 0.178. The Morgan fingerprint density at radius 1 is 1.50 bits per heavy atom. The first kappa shape index (κ1) is 13.4. The number of carbonyl (C=O) groups excluding carboxylic acids is 1. The first-order valence-electron chi connectivity index (χ1n) is 6.54. The molecule has 2 aromatic rings. The van der Waals surface area contributed by atoms with E-state index in [1.54, 1.807) is 12.4 Å². The van der Waals surface area contributed by atoms with E-state index in [4.69, 9.17) is 11.5 Å². The van der Waals surface area contributed by atoms with Crippen molar-refractivity contribution in [1.29, 1.82) is 0 Å². The molecule has 2 aromatic heterocycles. The van der Waals surface area contributed by atoms with Gasteiger partial charge in [-0.15, -0.1) is 0 Å². The van der Waals surface area contributed by atoms with Crippen molar-refractivity contribution in [2.75, 3.05) is 18.0 Å². The summed E-state index contributed by atoms with van der Waals surface area (Å²) >= 11 is 3.55. The third kappa shape index (κ3) is 2.16. The second-order valence-electron chi connectivity index (χ2n) is 5.06. The Morgan fingerprint density at radius 2 is 2.30 bits per heavy atom. The fraction of sp³-hybridized carbons (Fsp3) is 0.385. The topological polar surface area (TPSA) is 90.2 Å². The van der Waals surface area contributed by atoms with E-state index in [0.717, 1.165) is 41.5 Å². The molecule has 0 bridgehead atoms. The van der Waals surface area contributed by atoms with Crippen LogP contribution in [0.4, 0.5) is 10.5 Å². The highest BCUT2D eigenvalue weighted by molar-refractivity contribution is 9.10. The Morgan fingerprint density at radius 3 is 3.00 bits per heavy atom. The fourth-order valence-corrected chi connectivity index (χ4v) is 3.33. The lowest BCUT2D eigenvalue weighted by molar-refractivity contribution is 0.251. The van der Waals surface area contributed by atoms with E-state index in [2.05, 4.69) is 25.8 Å². The minimum atomic E-state index is -0.531. The standard InChI is InChI=1S/C13H16BrN5O/c14-10-6-17-12-9(3-5-19(12)13(16)20)11(10)18-4-1-2-8(15)7-18/h3,5-6,8H,1-2,4,7,15H2,(H2,16,20)/t8-/m1/s1. The van der Waals surface area contributed by atoms with Crippen LogP contribution in [0.25, 0.3) is 11.0 Å². The molecule has 0 saturated carbocycles. The summed E-state index contributed by atoms with van der Waals surface area (Å²) < 4.78 is 2.26. The smallest absolute Gasteiger partial charge is 0.324 e. The molecule has 0 unspecified atom stereocenters. The summed E-state index contributed by atoms with van der Waals surface area (Å²) in [5.41, 5.74) is 13.0. The number of nitrogens with two attached hydrogens (primary N) is 2. The van der Waals surface area contributed by atoms with Gasteiger partial charge in [0.05, 0.1) is 10.2 Å². The molecule has 1 atom stereocenters. The van der Waals surface area contributed by atoms with Crippen molar-refractivity contribution in [2.24, 2.45) is 11.5 Å². The maximum Gasteiger partial charge on any atom is 0.324 e. The quantitative estimate of drug-likeness (QED) is 0.827. The van der Waals surface area contributed by atoms with Crippen LogP contribution in [0.15, 0.2) is 22.9 Å². The number of aromatic nitrogens is 2. The van der Waals surface area contributed by atoms with E-state index >= 15 is 0 Å². The first-order chi connectivity index (χ1) is 9.58. The van der Waals surface area contributed by atoms with Crippen LogP contribution in [-0.4, -0.2) is 34.7 Å². The molecule has 106 valence electrons. The van der Waals surface area contributed by atoms with Gasteiger partial charge in [-0.2, -0.15) is 0 Å². The maximum atomic E-state index is 11.4. The van der Waals surface area contributed by atoms with Crippen LogP contribution in [0.1, 0.15) is 12.8 Å². The van der Waals surface area contributed by atoms with E-state index < -0.39 is 6.03 Å². The lowest BCUT2D eigenvalue weighted by atomic mass is 10.1. The van der Waals surface area contributed by atoms with Gasteiger partial charge in [0.25, 0.3) is 0 Å². The lowest BCUT2D eigenvalue weighted by Gasteiger charge is -2.33. The van der Waals surface area contributed by atoms with Crippen molar-refractivity contribution in [2.45, 2.75) is 18.9 Å². The zero-order valence-corrected chi connectivity index (χ0v) is 12.5. The molecule has 6 nitrogen and oxygen atoms in total. The number of anilines is 1. The van der Waals surface area contributed by atoms with Crippen LogP contribution >= 0.6 is 15.9 Å². The van der Waals surface area contributed by atoms with E-state index in [1.165, 1.54) is 4.57 Å². The molecular weight excluding hydrogens is 322 g/mol. The molecule has 1 fully saturated rings. The van der Waals surface area contributed by atoms with E-state index in [1.807, 2.05) is 6.07 Å². The summed E-state index contributed by atoms with van der Waals surface area (Å²) in [6, 6.07) is 1.51. The molecule has 0 spiro atoms. The van der Waals surface area contributed by atoms with Gasteiger partial charge in [0.2, 0.25) is 0 Å². The first-order valence-corrected chi connectivity index (χ1v) is 7.33. The molecule has 7 heteroatoms.